The van der Waals surface area contributed by atoms with Gasteiger partial charge in [0.25, 0.3) is 0 Å². The Morgan fingerprint density at radius 1 is 1.38 bits per heavy atom. The zero-order chi connectivity index (χ0) is 10.1. The van der Waals surface area contributed by atoms with E-state index in [1.54, 1.807) is 7.11 Å². The minimum atomic E-state index is 0.668. The van der Waals surface area contributed by atoms with Gasteiger partial charge in [0.2, 0.25) is 0 Å². The zero-order valence-electron chi connectivity index (χ0n) is 8.97. The van der Waals surface area contributed by atoms with Gasteiger partial charge in [0.15, 0.2) is 0 Å². The number of hydrogen-bond donors (Lipinski definition) is 0. The Balaban J connectivity index is 3.57. The van der Waals surface area contributed by atoms with Crippen LogP contribution in [0.5, 0.6) is 0 Å². The van der Waals surface area contributed by atoms with Crippen LogP contribution < -0.4 is 0 Å². The van der Waals surface area contributed by atoms with Crippen LogP contribution in [0, 0.1) is 0 Å². The highest BCUT2D eigenvalue weighted by atomic mass is 16.5. The van der Waals surface area contributed by atoms with Crippen molar-refractivity contribution in [1.82, 2.24) is 0 Å². The maximum Gasteiger partial charge on any atom is 0.0646 e. The minimum absolute atomic E-state index is 0.668. The van der Waals surface area contributed by atoms with E-state index in [-0.39, 0.29) is 0 Å². The second kappa shape index (κ2) is 7.81. The molecule has 0 N–H and O–H groups in total. The van der Waals surface area contributed by atoms with Crippen molar-refractivity contribution in [3.05, 3.63) is 36.0 Å². The fourth-order valence-corrected chi connectivity index (χ4v) is 0.941. The van der Waals surface area contributed by atoms with E-state index in [0.29, 0.717) is 6.61 Å². The Kier molecular flexibility index (Phi) is 7.32. The standard InChI is InChI=1S/C12H20O/c1-11(2)7-5-8-12(3)9-6-10-13-4/h6-7,9H,3,5,8,10H2,1-2,4H3/b9-6+. The van der Waals surface area contributed by atoms with Gasteiger partial charge < -0.3 is 4.74 Å². The molecule has 0 amide bonds. The van der Waals surface area contributed by atoms with Crippen molar-refractivity contribution in [3.8, 4) is 0 Å². The maximum atomic E-state index is 4.90. The van der Waals surface area contributed by atoms with Crippen LogP contribution >= 0.6 is 0 Å². The van der Waals surface area contributed by atoms with E-state index in [4.69, 9.17) is 4.74 Å². The normalized spacial score (nSPS) is 10.4. The lowest BCUT2D eigenvalue weighted by Gasteiger charge is -1.96. The number of rotatable bonds is 6. The lowest BCUT2D eigenvalue weighted by Crippen LogP contribution is -1.82. The van der Waals surface area contributed by atoms with E-state index in [1.165, 1.54) is 5.57 Å². The Bertz CT molecular complexity index is 195. The molecule has 0 unspecified atom stereocenters. The van der Waals surface area contributed by atoms with Crippen LogP contribution in [0.25, 0.3) is 0 Å². The van der Waals surface area contributed by atoms with Gasteiger partial charge in [0, 0.05) is 7.11 Å². The summed E-state index contributed by atoms with van der Waals surface area (Å²) in [5.74, 6) is 0. The summed E-state index contributed by atoms with van der Waals surface area (Å²) in [6.07, 6.45) is 8.37. The second-order valence-corrected chi connectivity index (χ2v) is 3.34. The SMILES string of the molecule is C=C(/C=C/COC)CCC=C(C)C. The van der Waals surface area contributed by atoms with Gasteiger partial charge in [-0.15, -0.1) is 0 Å². The fourth-order valence-electron chi connectivity index (χ4n) is 0.941. The van der Waals surface area contributed by atoms with E-state index >= 15 is 0 Å². The molecule has 0 aliphatic heterocycles. The first-order valence-corrected chi connectivity index (χ1v) is 4.63. The molecule has 0 atom stereocenters. The molecule has 0 aliphatic rings. The summed E-state index contributed by atoms with van der Waals surface area (Å²) in [4.78, 5) is 0. The third-order valence-corrected chi connectivity index (χ3v) is 1.63. The quantitative estimate of drug-likeness (QED) is 0.449. The molecule has 0 saturated carbocycles. The molecule has 0 aromatic rings. The molecule has 0 aliphatic carbocycles. The van der Waals surface area contributed by atoms with Crippen LogP contribution in [-0.2, 0) is 4.74 Å². The van der Waals surface area contributed by atoms with E-state index in [1.807, 2.05) is 12.2 Å². The van der Waals surface area contributed by atoms with Crippen molar-refractivity contribution in [3.63, 3.8) is 0 Å². The Morgan fingerprint density at radius 3 is 2.62 bits per heavy atom. The second-order valence-electron chi connectivity index (χ2n) is 3.34. The van der Waals surface area contributed by atoms with Crippen LogP contribution in [0.2, 0.25) is 0 Å². The van der Waals surface area contributed by atoms with Crippen LogP contribution in [-0.4, -0.2) is 13.7 Å². The largest absolute Gasteiger partial charge is 0.381 e. The molecule has 0 heterocycles. The number of ether oxygens (including phenoxy) is 1. The van der Waals surface area contributed by atoms with Crippen LogP contribution in [0.4, 0.5) is 0 Å². The van der Waals surface area contributed by atoms with Gasteiger partial charge in [0.05, 0.1) is 6.61 Å². The van der Waals surface area contributed by atoms with E-state index < -0.39 is 0 Å². The smallest absolute Gasteiger partial charge is 0.0646 e. The minimum Gasteiger partial charge on any atom is -0.381 e. The van der Waals surface area contributed by atoms with Crippen molar-refractivity contribution >= 4 is 0 Å². The van der Waals surface area contributed by atoms with Crippen LogP contribution in [0.1, 0.15) is 26.7 Å². The Hall–Kier alpha value is -0.820. The van der Waals surface area contributed by atoms with Crippen molar-refractivity contribution in [2.24, 2.45) is 0 Å². The predicted octanol–water partition coefficient (Wildman–Crippen LogP) is 3.49. The number of allylic oxidation sites excluding steroid dienone is 4. The average molecular weight is 180 g/mol. The monoisotopic (exact) mass is 180 g/mol. The highest BCUT2D eigenvalue weighted by Gasteiger charge is 1.87. The van der Waals surface area contributed by atoms with Crippen molar-refractivity contribution in [2.75, 3.05) is 13.7 Å². The van der Waals surface area contributed by atoms with Gasteiger partial charge in [0.1, 0.15) is 0 Å². The third-order valence-electron chi connectivity index (χ3n) is 1.63. The molecule has 0 aromatic heterocycles. The summed E-state index contributed by atoms with van der Waals surface area (Å²) < 4.78 is 4.90. The Morgan fingerprint density at radius 2 is 2.08 bits per heavy atom. The van der Waals surface area contributed by atoms with Gasteiger partial charge >= 0.3 is 0 Å². The molecule has 0 radical (unpaired) electrons. The molecule has 0 rings (SSSR count). The summed E-state index contributed by atoms with van der Waals surface area (Å²) in [6, 6.07) is 0. The highest BCUT2D eigenvalue weighted by molar-refractivity contribution is 5.15. The topological polar surface area (TPSA) is 9.23 Å². The maximum absolute atomic E-state index is 4.90. The molecule has 0 spiro atoms. The summed E-state index contributed by atoms with van der Waals surface area (Å²) in [7, 11) is 1.69. The van der Waals surface area contributed by atoms with E-state index in [2.05, 4.69) is 26.5 Å². The fraction of sp³-hybridized carbons (Fsp3) is 0.500. The van der Waals surface area contributed by atoms with Gasteiger partial charge in [-0.05, 0) is 26.7 Å². The van der Waals surface area contributed by atoms with Crippen LogP contribution in [0.15, 0.2) is 36.0 Å². The summed E-state index contributed by atoms with van der Waals surface area (Å²) in [6.45, 7) is 8.85. The predicted molar refractivity (Wildman–Crippen MR) is 58.8 cm³/mol. The van der Waals surface area contributed by atoms with E-state index in [9.17, 15) is 0 Å². The molecule has 74 valence electrons. The molecule has 13 heavy (non-hydrogen) atoms. The summed E-state index contributed by atoms with van der Waals surface area (Å²) in [5.41, 5.74) is 2.53. The molecule has 0 saturated heterocycles. The van der Waals surface area contributed by atoms with Gasteiger partial charge in [-0.2, -0.15) is 0 Å². The van der Waals surface area contributed by atoms with Gasteiger partial charge in [-0.1, -0.05) is 36.0 Å². The van der Waals surface area contributed by atoms with Crippen molar-refractivity contribution < 1.29 is 4.74 Å². The van der Waals surface area contributed by atoms with Crippen molar-refractivity contribution in [2.45, 2.75) is 26.7 Å². The third kappa shape index (κ3) is 9.09. The van der Waals surface area contributed by atoms with Gasteiger partial charge in [-0.25, -0.2) is 0 Å². The van der Waals surface area contributed by atoms with E-state index in [0.717, 1.165) is 18.4 Å². The zero-order valence-corrected chi connectivity index (χ0v) is 8.97. The number of hydrogen-bond acceptors (Lipinski definition) is 1. The molecule has 0 aromatic carbocycles. The lowest BCUT2D eigenvalue weighted by molar-refractivity contribution is 0.234. The van der Waals surface area contributed by atoms with Gasteiger partial charge in [-0.3, -0.25) is 0 Å². The summed E-state index contributed by atoms with van der Waals surface area (Å²) >= 11 is 0. The van der Waals surface area contributed by atoms with Crippen LogP contribution in [0.3, 0.4) is 0 Å². The lowest BCUT2D eigenvalue weighted by atomic mass is 10.1. The first-order chi connectivity index (χ1) is 6.16. The molecule has 0 fully saturated rings. The average Bonchev–Trinajstić information content (AvgIpc) is 2.04. The first kappa shape index (κ1) is 12.2. The number of methoxy groups -OCH3 is 1. The first-order valence-electron chi connectivity index (χ1n) is 4.63. The Labute approximate surface area is 81.8 Å². The molecule has 1 nitrogen and oxygen atoms in total. The molecule has 0 bridgehead atoms. The molecular formula is C12H20O. The summed E-state index contributed by atoms with van der Waals surface area (Å²) in [5, 5.41) is 0. The molecular weight excluding hydrogens is 160 g/mol. The molecule has 1 heteroatoms. The highest BCUT2D eigenvalue weighted by Crippen LogP contribution is 2.06. The van der Waals surface area contributed by atoms with Crippen molar-refractivity contribution in [1.29, 1.82) is 0 Å².